The van der Waals surface area contributed by atoms with Crippen molar-refractivity contribution in [2.45, 2.75) is 6.42 Å². The molecule has 0 saturated carbocycles. The second kappa shape index (κ2) is 6.53. The van der Waals surface area contributed by atoms with E-state index in [9.17, 15) is 14.3 Å². The van der Waals surface area contributed by atoms with Crippen LogP contribution in [0.25, 0.3) is 23.0 Å². The van der Waals surface area contributed by atoms with Gasteiger partial charge in [0, 0.05) is 28.9 Å². The predicted molar refractivity (Wildman–Crippen MR) is 81.5 cm³/mol. The fraction of sp³-hybridized carbons (Fsp3) is 0.0625. The molecule has 116 valence electrons. The van der Waals surface area contributed by atoms with E-state index in [1.807, 2.05) is 16.8 Å². The highest BCUT2D eigenvalue weighted by Gasteiger charge is 2.14. The Kier molecular flexibility index (Phi) is 4.29. The molecule has 2 aromatic heterocycles. The number of hydrogen-bond acceptors (Lipinski definition) is 6. The molecule has 2 heterocycles. The number of aliphatic carboxylic acids is 1. The van der Waals surface area contributed by atoms with Gasteiger partial charge in [0.1, 0.15) is 5.82 Å². The minimum atomic E-state index is -1.27. The number of halogens is 1. The zero-order valence-electron chi connectivity index (χ0n) is 11.7. The van der Waals surface area contributed by atoms with E-state index in [2.05, 4.69) is 10.1 Å². The van der Waals surface area contributed by atoms with Crippen molar-refractivity contribution < 1.29 is 18.8 Å². The molecule has 0 bridgehead atoms. The number of benzene rings is 1. The monoisotopic (exact) mass is 329 g/mol. The minimum Gasteiger partial charge on any atom is -0.550 e. The summed E-state index contributed by atoms with van der Waals surface area (Å²) >= 11 is 1.49. The number of carbonyl (C=O) groups is 1. The second-order valence-electron chi connectivity index (χ2n) is 4.71. The predicted octanol–water partition coefficient (Wildman–Crippen LogP) is 2.62. The summed E-state index contributed by atoms with van der Waals surface area (Å²) in [6, 6.07) is 7.46. The van der Waals surface area contributed by atoms with Crippen LogP contribution >= 0.6 is 11.3 Å². The Hall–Kier alpha value is -2.80. The highest BCUT2D eigenvalue weighted by molar-refractivity contribution is 7.08. The van der Waals surface area contributed by atoms with E-state index in [1.54, 1.807) is 6.08 Å². The summed E-state index contributed by atoms with van der Waals surface area (Å²) in [4.78, 5) is 15.2. The maximum absolute atomic E-state index is 13.0. The molecule has 7 heteroatoms. The van der Waals surface area contributed by atoms with Gasteiger partial charge < -0.3 is 14.4 Å². The number of nitrogens with zero attached hydrogens (tertiary/aromatic N) is 2. The molecule has 3 rings (SSSR count). The molecule has 0 aliphatic heterocycles. The smallest absolute Gasteiger partial charge is 0.254 e. The summed E-state index contributed by atoms with van der Waals surface area (Å²) < 4.78 is 18.1. The van der Waals surface area contributed by atoms with E-state index < -0.39 is 5.97 Å². The molecule has 0 aliphatic carbocycles. The fourth-order valence-corrected chi connectivity index (χ4v) is 2.60. The molecular weight excluding hydrogens is 319 g/mol. The van der Waals surface area contributed by atoms with Gasteiger partial charge >= 0.3 is 0 Å². The van der Waals surface area contributed by atoms with Gasteiger partial charge in [0.2, 0.25) is 5.82 Å². The van der Waals surface area contributed by atoms with Crippen LogP contribution in [0.1, 0.15) is 17.9 Å². The summed E-state index contributed by atoms with van der Waals surface area (Å²) in [6.45, 7) is 0. The number of rotatable bonds is 5. The maximum Gasteiger partial charge on any atom is 0.254 e. The fourth-order valence-electron chi connectivity index (χ4n) is 1.97. The van der Waals surface area contributed by atoms with Crippen LogP contribution in [0.4, 0.5) is 4.39 Å². The first-order chi connectivity index (χ1) is 11.1. The first kappa shape index (κ1) is 15.1. The zero-order valence-corrected chi connectivity index (χ0v) is 12.5. The maximum atomic E-state index is 13.0. The third-order valence-electron chi connectivity index (χ3n) is 3.03. The van der Waals surface area contributed by atoms with Crippen LogP contribution in [-0.4, -0.2) is 16.1 Å². The van der Waals surface area contributed by atoms with Crippen molar-refractivity contribution in [2.24, 2.45) is 0 Å². The van der Waals surface area contributed by atoms with Crippen molar-refractivity contribution in [1.82, 2.24) is 10.1 Å². The van der Waals surface area contributed by atoms with Crippen molar-refractivity contribution in [1.29, 1.82) is 0 Å². The van der Waals surface area contributed by atoms with E-state index in [-0.39, 0.29) is 18.1 Å². The van der Waals surface area contributed by atoms with Crippen LogP contribution in [0, 0.1) is 5.82 Å². The number of carboxylic acid groups (broad SMARTS) is 1. The van der Waals surface area contributed by atoms with Crippen molar-refractivity contribution >= 4 is 29.0 Å². The van der Waals surface area contributed by atoms with Crippen molar-refractivity contribution in [3.8, 4) is 11.4 Å². The lowest BCUT2D eigenvalue weighted by Gasteiger charge is -2.04. The standard InChI is InChI=1S/C16H11FN2O3S/c17-13-3-1-10(2-4-13)7-12(8-14(20)21)16-18-15(19-22-16)11-5-6-23-9-11/h1-7,9H,8H2,(H,20,21)/p-1/b12-7+. The first-order valence-corrected chi connectivity index (χ1v) is 7.59. The van der Waals surface area contributed by atoms with Crippen LogP contribution in [0.3, 0.4) is 0 Å². The van der Waals surface area contributed by atoms with Crippen LogP contribution in [0.5, 0.6) is 0 Å². The molecular formula is C16H10FN2O3S-. The van der Waals surface area contributed by atoms with Gasteiger partial charge in [-0.1, -0.05) is 17.3 Å². The second-order valence-corrected chi connectivity index (χ2v) is 5.49. The molecule has 0 spiro atoms. The molecule has 0 N–H and O–H groups in total. The number of carboxylic acids is 1. The average molecular weight is 329 g/mol. The van der Waals surface area contributed by atoms with Crippen LogP contribution < -0.4 is 5.11 Å². The van der Waals surface area contributed by atoms with Crippen LogP contribution in [-0.2, 0) is 4.79 Å². The highest BCUT2D eigenvalue weighted by atomic mass is 32.1. The summed E-state index contributed by atoms with van der Waals surface area (Å²) in [7, 11) is 0. The van der Waals surface area contributed by atoms with Crippen LogP contribution in [0.2, 0.25) is 0 Å². The molecule has 5 nitrogen and oxygen atoms in total. The zero-order chi connectivity index (χ0) is 16.2. The Labute approximate surface area is 134 Å². The Morgan fingerprint density at radius 3 is 2.74 bits per heavy atom. The van der Waals surface area contributed by atoms with E-state index in [0.29, 0.717) is 17.0 Å². The molecule has 0 fully saturated rings. The average Bonchev–Trinajstić information content (AvgIpc) is 3.19. The number of aromatic nitrogens is 2. The SMILES string of the molecule is O=C([O-])C/C(=C\c1ccc(F)cc1)c1nc(-c2ccsc2)no1. The first-order valence-electron chi connectivity index (χ1n) is 6.64. The van der Waals surface area contributed by atoms with Gasteiger partial charge in [-0.25, -0.2) is 4.39 Å². The van der Waals surface area contributed by atoms with Crippen molar-refractivity contribution in [2.75, 3.05) is 0 Å². The summed E-state index contributed by atoms with van der Waals surface area (Å²) in [6.07, 6.45) is 1.17. The van der Waals surface area contributed by atoms with E-state index in [4.69, 9.17) is 4.52 Å². The van der Waals surface area contributed by atoms with Gasteiger partial charge in [-0.2, -0.15) is 16.3 Å². The van der Waals surface area contributed by atoms with E-state index in [1.165, 1.54) is 35.6 Å². The van der Waals surface area contributed by atoms with Gasteiger partial charge in [0.15, 0.2) is 0 Å². The van der Waals surface area contributed by atoms with Crippen molar-refractivity contribution in [3.05, 3.63) is 58.4 Å². The molecule has 23 heavy (non-hydrogen) atoms. The van der Waals surface area contributed by atoms with Crippen molar-refractivity contribution in [3.63, 3.8) is 0 Å². The Bertz CT molecular complexity index is 839. The Morgan fingerprint density at radius 2 is 2.09 bits per heavy atom. The molecule has 0 atom stereocenters. The van der Waals surface area contributed by atoms with Gasteiger partial charge in [0.25, 0.3) is 5.89 Å². The molecule has 0 unspecified atom stereocenters. The normalized spacial score (nSPS) is 11.6. The third kappa shape index (κ3) is 3.70. The van der Waals surface area contributed by atoms with Gasteiger partial charge in [-0.3, -0.25) is 0 Å². The number of hydrogen-bond donors (Lipinski definition) is 0. The third-order valence-corrected chi connectivity index (χ3v) is 3.71. The minimum absolute atomic E-state index is 0.0970. The van der Waals surface area contributed by atoms with E-state index in [0.717, 1.165) is 5.56 Å². The van der Waals surface area contributed by atoms with Crippen LogP contribution in [0.15, 0.2) is 45.6 Å². The molecule has 0 aliphatic rings. The van der Waals surface area contributed by atoms with Gasteiger partial charge in [-0.05, 0) is 35.2 Å². The summed E-state index contributed by atoms with van der Waals surface area (Å²) in [5, 5.41) is 18.5. The lowest BCUT2D eigenvalue weighted by molar-refractivity contribution is -0.304. The quantitative estimate of drug-likeness (QED) is 0.719. The number of thiophene rings is 1. The summed E-state index contributed by atoms with van der Waals surface area (Å²) in [5.41, 5.74) is 1.71. The molecule has 0 saturated heterocycles. The largest absolute Gasteiger partial charge is 0.550 e. The van der Waals surface area contributed by atoms with E-state index >= 15 is 0 Å². The number of carbonyl (C=O) groups excluding carboxylic acids is 1. The Morgan fingerprint density at radius 1 is 1.30 bits per heavy atom. The lowest BCUT2D eigenvalue weighted by atomic mass is 10.1. The molecule has 1 aromatic carbocycles. The Balaban J connectivity index is 1.96. The van der Waals surface area contributed by atoms with Gasteiger partial charge in [-0.15, -0.1) is 0 Å². The molecule has 0 amide bonds. The highest BCUT2D eigenvalue weighted by Crippen LogP contribution is 2.24. The molecule has 0 radical (unpaired) electrons. The van der Waals surface area contributed by atoms with Gasteiger partial charge in [0.05, 0.1) is 0 Å². The lowest BCUT2D eigenvalue weighted by Crippen LogP contribution is -2.22. The molecule has 3 aromatic rings. The summed E-state index contributed by atoms with van der Waals surface area (Å²) in [5.74, 6) is -1.17. The topological polar surface area (TPSA) is 79.0 Å².